The van der Waals surface area contributed by atoms with Crippen molar-refractivity contribution >= 4 is 15.8 Å². The zero-order chi connectivity index (χ0) is 15.4. The number of methoxy groups -OCH3 is 1. The third-order valence-corrected chi connectivity index (χ3v) is 5.91. The van der Waals surface area contributed by atoms with Crippen molar-refractivity contribution in [3.05, 3.63) is 0 Å². The zero-order valence-corrected chi connectivity index (χ0v) is 13.6. The Morgan fingerprint density at radius 2 is 2.15 bits per heavy atom. The fourth-order valence-corrected chi connectivity index (χ4v) is 4.18. The first-order valence-electron chi connectivity index (χ1n) is 6.96. The number of ether oxygens (including phenoxy) is 1. The van der Waals surface area contributed by atoms with Crippen LogP contribution in [-0.4, -0.2) is 69.6 Å². The van der Waals surface area contributed by atoms with Crippen molar-refractivity contribution in [2.45, 2.75) is 38.3 Å². The minimum atomic E-state index is -2.87. The van der Waals surface area contributed by atoms with Crippen molar-refractivity contribution in [3.8, 4) is 0 Å². The number of sulfone groups is 1. The summed E-state index contributed by atoms with van der Waals surface area (Å²) in [6.45, 7) is 5.14. The van der Waals surface area contributed by atoms with Crippen LogP contribution in [0.4, 0.5) is 0 Å². The van der Waals surface area contributed by atoms with Gasteiger partial charge in [0.15, 0.2) is 9.84 Å². The second-order valence-corrected chi connectivity index (χ2v) is 7.91. The standard InChI is InChI=1S/C13H26N2O4S/c1-11-10-20(17,18)9-8-15(11)7-5-6-13(2,14-3)12(16)19-4/h11,14H,5-10H2,1-4H3. The van der Waals surface area contributed by atoms with Crippen LogP contribution in [0.1, 0.15) is 26.7 Å². The largest absolute Gasteiger partial charge is 0.468 e. The lowest BCUT2D eigenvalue weighted by Crippen LogP contribution is -2.50. The first-order valence-corrected chi connectivity index (χ1v) is 8.78. The van der Waals surface area contributed by atoms with E-state index in [1.165, 1.54) is 7.11 Å². The highest BCUT2D eigenvalue weighted by Gasteiger charge is 2.33. The number of esters is 1. The Labute approximate surface area is 121 Å². The van der Waals surface area contributed by atoms with E-state index in [1.807, 2.05) is 13.8 Å². The molecule has 0 aromatic carbocycles. The summed E-state index contributed by atoms with van der Waals surface area (Å²) >= 11 is 0. The maximum Gasteiger partial charge on any atom is 0.325 e. The molecule has 6 nitrogen and oxygen atoms in total. The van der Waals surface area contributed by atoms with Gasteiger partial charge in [0.25, 0.3) is 0 Å². The average molecular weight is 306 g/mol. The van der Waals surface area contributed by atoms with E-state index in [0.29, 0.717) is 13.0 Å². The highest BCUT2D eigenvalue weighted by atomic mass is 32.2. The van der Waals surface area contributed by atoms with E-state index < -0.39 is 15.4 Å². The predicted octanol–water partition coefficient (Wildman–Crippen LogP) is 0.0366. The molecule has 7 heteroatoms. The van der Waals surface area contributed by atoms with E-state index in [0.717, 1.165) is 13.0 Å². The fraction of sp³-hybridized carbons (Fsp3) is 0.923. The Bertz CT molecular complexity index is 438. The SMILES string of the molecule is CNC(C)(CCCN1CCS(=O)(=O)CC1C)C(=O)OC. The third kappa shape index (κ3) is 4.43. The first-order chi connectivity index (χ1) is 9.24. The molecule has 0 aliphatic carbocycles. The second kappa shape index (κ2) is 6.87. The summed E-state index contributed by atoms with van der Waals surface area (Å²) in [5.41, 5.74) is -0.681. The lowest BCUT2D eigenvalue weighted by molar-refractivity contribution is -0.148. The molecule has 0 aromatic rings. The molecule has 1 aliphatic rings. The van der Waals surface area contributed by atoms with Gasteiger partial charge < -0.3 is 10.1 Å². The summed E-state index contributed by atoms with van der Waals surface area (Å²) in [5.74, 6) is 0.194. The van der Waals surface area contributed by atoms with Crippen molar-refractivity contribution < 1.29 is 17.9 Å². The van der Waals surface area contributed by atoms with Crippen LogP contribution in [0.3, 0.4) is 0 Å². The van der Waals surface area contributed by atoms with E-state index >= 15 is 0 Å². The van der Waals surface area contributed by atoms with Gasteiger partial charge in [-0.1, -0.05) is 0 Å². The highest BCUT2D eigenvalue weighted by molar-refractivity contribution is 7.91. The fourth-order valence-electron chi connectivity index (χ4n) is 2.56. The van der Waals surface area contributed by atoms with Crippen LogP contribution >= 0.6 is 0 Å². The predicted molar refractivity (Wildman–Crippen MR) is 78.4 cm³/mol. The van der Waals surface area contributed by atoms with Crippen LogP contribution in [-0.2, 0) is 19.4 Å². The smallest absolute Gasteiger partial charge is 0.325 e. The molecule has 0 bridgehead atoms. The maximum absolute atomic E-state index is 11.7. The van der Waals surface area contributed by atoms with Gasteiger partial charge in [0.1, 0.15) is 5.54 Å². The van der Waals surface area contributed by atoms with E-state index in [9.17, 15) is 13.2 Å². The van der Waals surface area contributed by atoms with Crippen molar-refractivity contribution in [2.24, 2.45) is 0 Å². The van der Waals surface area contributed by atoms with Crippen molar-refractivity contribution in [3.63, 3.8) is 0 Å². The van der Waals surface area contributed by atoms with Crippen molar-refractivity contribution in [2.75, 3.05) is 38.8 Å². The van der Waals surface area contributed by atoms with Gasteiger partial charge >= 0.3 is 5.97 Å². The van der Waals surface area contributed by atoms with Crippen LogP contribution < -0.4 is 5.32 Å². The monoisotopic (exact) mass is 306 g/mol. The number of carbonyl (C=O) groups excluding carboxylic acids is 1. The maximum atomic E-state index is 11.7. The lowest BCUT2D eigenvalue weighted by Gasteiger charge is -2.34. The number of nitrogens with zero attached hydrogens (tertiary/aromatic N) is 1. The van der Waals surface area contributed by atoms with Crippen LogP contribution in [0.15, 0.2) is 0 Å². The molecule has 20 heavy (non-hydrogen) atoms. The molecule has 1 heterocycles. The minimum Gasteiger partial charge on any atom is -0.468 e. The third-order valence-electron chi connectivity index (χ3n) is 4.12. The van der Waals surface area contributed by atoms with Crippen LogP contribution in [0.25, 0.3) is 0 Å². The van der Waals surface area contributed by atoms with Crippen molar-refractivity contribution in [1.29, 1.82) is 0 Å². The Kier molecular flexibility index (Phi) is 5.97. The molecule has 2 atom stereocenters. The molecule has 0 saturated carbocycles. The van der Waals surface area contributed by atoms with E-state index in [1.54, 1.807) is 7.05 Å². The topological polar surface area (TPSA) is 75.7 Å². The molecular formula is C13H26N2O4S. The molecule has 1 fully saturated rings. The Hall–Kier alpha value is -0.660. The summed E-state index contributed by atoms with van der Waals surface area (Å²) in [6, 6.07) is 0.0488. The van der Waals surface area contributed by atoms with Gasteiger partial charge in [-0.25, -0.2) is 8.42 Å². The van der Waals surface area contributed by atoms with Gasteiger partial charge in [0.2, 0.25) is 0 Å². The van der Waals surface area contributed by atoms with E-state index in [2.05, 4.69) is 10.2 Å². The molecule has 1 rings (SSSR count). The number of carbonyl (C=O) groups is 1. The first kappa shape index (κ1) is 17.4. The number of rotatable bonds is 6. The molecule has 0 spiro atoms. The zero-order valence-electron chi connectivity index (χ0n) is 12.8. The van der Waals surface area contributed by atoms with Gasteiger partial charge in [-0.3, -0.25) is 9.69 Å². The van der Waals surface area contributed by atoms with Crippen LogP contribution in [0.5, 0.6) is 0 Å². The molecule has 1 aliphatic heterocycles. The summed E-state index contributed by atoms with van der Waals surface area (Å²) in [7, 11) is 0.259. The van der Waals surface area contributed by atoms with Gasteiger partial charge in [-0.15, -0.1) is 0 Å². The number of hydrogen-bond donors (Lipinski definition) is 1. The molecule has 0 amide bonds. The number of nitrogens with one attached hydrogen (secondary N) is 1. The van der Waals surface area contributed by atoms with E-state index in [4.69, 9.17) is 4.74 Å². The van der Waals surface area contributed by atoms with Crippen LogP contribution in [0, 0.1) is 0 Å². The number of likely N-dealkylation sites (N-methyl/N-ethyl adjacent to an activating group) is 1. The summed E-state index contributed by atoms with van der Waals surface area (Å²) < 4.78 is 27.8. The molecule has 1 saturated heterocycles. The van der Waals surface area contributed by atoms with Gasteiger partial charge in [0, 0.05) is 12.6 Å². The highest BCUT2D eigenvalue weighted by Crippen LogP contribution is 2.17. The molecule has 0 radical (unpaired) electrons. The molecular weight excluding hydrogens is 280 g/mol. The van der Waals surface area contributed by atoms with Gasteiger partial charge in [0.05, 0.1) is 18.6 Å². The second-order valence-electron chi connectivity index (χ2n) is 5.68. The normalized spacial score (nSPS) is 25.9. The quantitative estimate of drug-likeness (QED) is 0.698. The van der Waals surface area contributed by atoms with Crippen molar-refractivity contribution in [1.82, 2.24) is 10.2 Å². The van der Waals surface area contributed by atoms with Crippen LogP contribution in [0.2, 0.25) is 0 Å². The summed E-state index contributed by atoms with van der Waals surface area (Å²) in [5, 5.41) is 3.00. The molecule has 118 valence electrons. The van der Waals surface area contributed by atoms with Gasteiger partial charge in [-0.05, 0) is 40.3 Å². The Morgan fingerprint density at radius 3 is 2.65 bits per heavy atom. The summed E-state index contributed by atoms with van der Waals surface area (Å²) in [6.07, 6.45) is 1.48. The Balaban J connectivity index is 2.46. The lowest BCUT2D eigenvalue weighted by atomic mass is 9.96. The number of hydrogen-bond acceptors (Lipinski definition) is 6. The Morgan fingerprint density at radius 1 is 1.50 bits per heavy atom. The van der Waals surface area contributed by atoms with E-state index in [-0.39, 0.29) is 23.5 Å². The molecule has 2 unspecified atom stereocenters. The molecule has 0 aromatic heterocycles. The minimum absolute atomic E-state index is 0.0488. The average Bonchev–Trinajstić information content (AvgIpc) is 2.39. The molecule has 1 N–H and O–H groups in total. The summed E-state index contributed by atoms with van der Waals surface area (Å²) in [4.78, 5) is 13.9. The van der Waals surface area contributed by atoms with Gasteiger partial charge in [-0.2, -0.15) is 0 Å².